The van der Waals surface area contributed by atoms with Gasteiger partial charge in [0.2, 0.25) is 0 Å². The fourth-order valence-corrected chi connectivity index (χ4v) is 4.44. The van der Waals surface area contributed by atoms with Crippen LogP contribution in [0.3, 0.4) is 0 Å². The molecular formula is C27H23ClN2O5. The van der Waals surface area contributed by atoms with Gasteiger partial charge < -0.3 is 19.5 Å². The van der Waals surface area contributed by atoms with E-state index in [9.17, 15) is 14.7 Å². The number of hydrogen-bond donors (Lipinski definition) is 1. The number of hydrogen-bond acceptors (Lipinski definition) is 6. The molecule has 0 radical (unpaired) electrons. The van der Waals surface area contributed by atoms with Crippen LogP contribution in [0.5, 0.6) is 11.5 Å². The lowest BCUT2D eigenvalue weighted by molar-refractivity contribution is -0.132. The third-order valence-corrected chi connectivity index (χ3v) is 6.34. The quantitative estimate of drug-likeness (QED) is 0.321. The molecule has 5 rings (SSSR count). The molecule has 0 aliphatic carbocycles. The van der Waals surface area contributed by atoms with Crippen molar-refractivity contribution in [2.75, 3.05) is 37.1 Å². The molecule has 3 aromatic rings. The molecule has 2 heterocycles. The highest BCUT2D eigenvalue weighted by Gasteiger charge is 2.47. The number of Topliss-reactive ketones (excluding diaryl/α,β-unsaturated/α-hetero) is 1. The van der Waals surface area contributed by atoms with Crippen LogP contribution in [0, 0.1) is 0 Å². The molecule has 1 saturated heterocycles. The van der Waals surface area contributed by atoms with Gasteiger partial charge in [0.25, 0.3) is 11.7 Å². The van der Waals surface area contributed by atoms with Gasteiger partial charge in [-0.15, -0.1) is 0 Å². The van der Waals surface area contributed by atoms with Crippen LogP contribution in [0.4, 0.5) is 11.4 Å². The van der Waals surface area contributed by atoms with Gasteiger partial charge >= 0.3 is 0 Å². The lowest BCUT2D eigenvalue weighted by Crippen LogP contribution is -2.29. The fourth-order valence-electron chi connectivity index (χ4n) is 4.31. The number of ether oxygens (including phenoxy) is 2. The number of aliphatic hydroxyl groups excluding tert-OH is 1. The summed E-state index contributed by atoms with van der Waals surface area (Å²) >= 11 is 6.00. The Morgan fingerprint density at radius 2 is 1.60 bits per heavy atom. The van der Waals surface area contributed by atoms with Gasteiger partial charge in [0.1, 0.15) is 19.0 Å². The normalized spacial score (nSPS) is 18.6. The molecule has 2 aliphatic rings. The fraction of sp³-hybridized carbons (Fsp3) is 0.185. The van der Waals surface area contributed by atoms with E-state index in [1.807, 2.05) is 43.3 Å². The number of nitrogens with zero attached hydrogens (tertiary/aromatic N) is 2. The van der Waals surface area contributed by atoms with Crippen LogP contribution in [-0.4, -0.2) is 44.1 Å². The Morgan fingerprint density at radius 1 is 0.943 bits per heavy atom. The van der Waals surface area contributed by atoms with Crippen molar-refractivity contribution in [3.8, 4) is 11.5 Å². The number of carbonyl (C=O) groups excluding carboxylic acids is 2. The second-order valence-corrected chi connectivity index (χ2v) is 8.93. The Bertz CT molecular complexity index is 1330. The summed E-state index contributed by atoms with van der Waals surface area (Å²) < 4.78 is 11.3. The Hall–Kier alpha value is -3.97. The van der Waals surface area contributed by atoms with Gasteiger partial charge in [-0.3, -0.25) is 14.5 Å². The smallest absolute Gasteiger partial charge is 0.300 e. The molecule has 0 saturated carbocycles. The maximum atomic E-state index is 13.4. The second-order valence-electron chi connectivity index (χ2n) is 8.49. The predicted octanol–water partition coefficient (Wildman–Crippen LogP) is 4.80. The topological polar surface area (TPSA) is 79.3 Å². The Balaban J connectivity index is 1.68. The lowest BCUT2D eigenvalue weighted by atomic mass is 9.95. The highest BCUT2D eigenvalue weighted by Crippen LogP contribution is 2.44. The van der Waals surface area contributed by atoms with Crippen LogP contribution in [-0.2, 0) is 9.59 Å². The average Bonchev–Trinajstić information content (AvgIpc) is 3.14. The van der Waals surface area contributed by atoms with Crippen molar-refractivity contribution in [2.45, 2.75) is 6.04 Å². The van der Waals surface area contributed by atoms with Gasteiger partial charge in [0.05, 0.1) is 11.6 Å². The Labute approximate surface area is 207 Å². The monoisotopic (exact) mass is 490 g/mol. The molecular weight excluding hydrogens is 468 g/mol. The average molecular weight is 491 g/mol. The summed E-state index contributed by atoms with van der Waals surface area (Å²) in [5.74, 6) is -0.700. The van der Waals surface area contributed by atoms with Gasteiger partial charge in [-0.05, 0) is 54.1 Å². The second kappa shape index (κ2) is 9.00. The van der Waals surface area contributed by atoms with Gasteiger partial charge in [-0.2, -0.15) is 0 Å². The zero-order valence-corrected chi connectivity index (χ0v) is 20.0. The molecule has 8 heteroatoms. The first-order valence-corrected chi connectivity index (χ1v) is 11.5. The van der Waals surface area contributed by atoms with Crippen LogP contribution in [0.25, 0.3) is 5.76 Å². The molecule has 2 aliphatic heterocycles. The van der Waals surface area contributed by atoms with E-state index in [0.717, 1.165) is 5.69 Å². The van der Waals surface area contributed by atoms with Gasteiger partial charge in [0, 0.05) is 42.1 Å². The maximum absolute atomic E-state index is 13.4. The minimum atomic E-state index is -0.843. The molecule has 1 amide bonds. The number of rotatable bonds is 4. The molecule has 1 atom stereocenters. The van der Waals surface area contributed by atoms with Crippen LogP contribution >= 0.6 is 11.6 Å². The number of ketones is 1. The summed E-state index contributed by atoms with van der Waals surface area (Å²) in [6.45, 7) is 0.831. The highest BCUT2D eigenvalue weighted by atomic mass is 35.5. The molecule has 178 valence electrons. The van der Waals surface area contributed by atoms with Crippen LogP contribution in [0.2, 0.25) is 5.02 Å². The largest absolute Gasteiger partial charge is 0.507 e. The summed E-state index contributed by atoms with van der Waals surface area (Å²) in [6.07, 6.45) is 0. The minimum absolute atomic E-state index is 0.00446. The van der Waals surface area contributed by atoms with Crippen molar-refractivity contribution in [2.24, 2.45) is 0 Å². The Morgan fingerprint density at radius 3 is 2.26 bits per heavy atom. The molecule has 0 spiro atoms. The summed E-state index contributed by atoms with van der Waals surface area (Å²) in [5.41, 5.74) is 2.51. The van der Waals surface area contributed by atoms with Crippen molar-refractivity contribution in [3.63, 3.8) is 0 Å². The number of benzene rings is 3. The number of carbonyl (C=O) groups is 2. The summed E-state index contributed by atoms with van der Waals surface area (Å²) in [5, 5.41) is 11.7. The number of anilines is 2. The summed E-state index contributed by atoms with van der Waals surface area (Å²) in [6, 6.07) is 18.2. The number of fused-ring (bicyclic) bond motifs is 1. The van der Waals surface area contributed by atoms with Crippen LogP contribution in [0.15, 0.2) is 72.3 Å². The van der Waals surface area contributed by atoms with Gasteiger partial charge in [0.15, 0.2) is 11.5 Å². The molecule has 1 fully saturated rings. The summed E-state index contributed by atoms with van der Waals surface area (Å²) in [4.78, 5) is 30.0. The first-order chi connectivity index (χ1) is 16.8. The minimum Gasteiger partial charge on any atom is -0.507 e. The van der Waals surface area contributed by atoms with Crippen molar-refractivity contribution in [1.29, 1.82) is 0 Å². The predicted molar refractivity (Wildman–Crippen MR) is 134 cm³/mol. The highest BCUT2D eigenvalue weighted by molar-refractivity contribution is 6.51. The zero-order chi connectivity index (χ0) is 24.7. The van der Waals surface area contributed by atoms with E-state index in [2.05, 4.69) is 0 Å². The van der Waals surface area contributed by atoms with E-state index >= 15 is 0 Å². The molecule has 3 aromatic carbocycles. The summed E-state index contributed by atoms with van der Waals surface area (Å²) in [7, 11) is 3.85. The zero-order valence-electron chi connectivity index (χ0n) is 19.2. The van der Waals surface area contributed by atoms with Gasteiger partial charge in [-0.1, -0.05) is 23.7 Å². The van der Waals surface area contributed by atoms with E-state index in [1.54, 1.807) is 42.5 Å². The number of halogens is 1. The van der Waals surface area contributed by atoms with E-state index in [4.69, 9.17) is 21.1 Å². The third-order valence-electron chi connectivity index (χ3n) is 6.09. The van der Waals surface area contributed by atoms with E-state index in [0.29, 0.717) is 46.5 Å². The first kappa shape index (κ1) is 22.8. The van der Waals surface area contributed by atoms with Crippen molar-refractivity contribution >= 4 is 40.4 Å². The first-order valence-electron chi connectivity index (χ1n) is 11.1. The molecule has 0 bridgehead atoms. The molecule has 1 unspecified atom stereocenters. The van der Waals surface area contributed by atoms with Crippen molar-refractivity contribution in [3.05, 3.63) is 88.5 Å². The molecule has 7 nitrogen and oxygen atoms in total. The number of aliphatic hydroxyl groups is 1. The van der Waals surface area contributed by atoms with Crippen molar-refractivity contribution in [1.82, 2.24) is 0 Å². The number of amides is 1. The van der Waals surface area contributed by atoms with E-state index < -0.39 is 17.7 Å². The van der Waals surface area contributed by atoms with E-state index in [1.165, 1.54) is 4.90 Å². The van der Waals surface area contributed by atoms with Crippen LogP contribution < -0.4 is 19.3 Å². The lowest BCUT2D eigenvalue weighted by Gasteiger charge is -2.27. The SMILES string of the molecule is CN(C)c1ccc(C2/C(=C(\O)c3ccc(Cl)cc3)C(=O)C(=O)N2c2ccc3c(c2)OCCO3)cc1. The van der Waals surface area contributed by atoms with Gasteiger partial charge in [-0.25, -0.2) is 0 Å². The standard InChI is InChI=1S/C27H23ClN2O5/c1-29(2)19-9-5-16(6-10-19)24-23(25(31)17-3-7-18(28)8-4-17)26(32)27(33)30(24)20-11-12-21-22(15-20)35-14-13-34-21/h3-12,15,24,31H,13-14H2,1-2H3/b25-23+. The molecule has 35 heavy (non-hydrogen) atoms. The van der Waals surface area contributed by atoms with Crippen LogP contribution in [0.1, 0.15) is 17.2 Å². The molecule has 1 N–H and O–H groups in total. The third kappa shape index (κ3) is 4.08. The Kier molecular flexibility index (Phi) is 5.86. The molecule has 0 aromatic heterocycles. The maximum Gasteiger partial charge on any atom is 0.300 e. The van der Waals surface area contributed by atoms with Crippen molar-refractivity contribution < 1.29 is 24.2 Å². The van der Waals surface area contributed by atoms with E-state index in [-0.39, 0.29) is 11.3 Å².